The Kier molecular flexibility index (Phi) is 9.82. The highest BCUT2D eigenvalue weighted by Gasteiger charge is 2.47. The molecular formula is C37H45N5O6. The Morgan fingerprint density at radius 1 is 0.979 bits per heavy atom. The number of methoxy groups -OCH3 is 2. The Labute approximate surface area is 281 Å². The van der Waals surface area contributed by atoms with E-state index in [4.69, 9.17) is 13.9 Å². The molecule has 4 heterocycles. The summed E-state index contributed by atoms with van der Waals surface area (Å²) in [5.74, 6) is 0.0204. The van der Waals surface area contributed by atoms with Crippen LogP contribution in [0.1, 0.15) is 49.1 Å². The Morgan fingerprint density at radius 2 is 1.77 bits per heavy atom. The number of hydrogen-bond acceptors (Lipinski definition) is 8. The quantitative estimate of drug-likeness (QED) is 0.176. The molecule has 0 N–H and O–H groups in total. The van der Waals surface area contributed by atoms with Crippen molar-refractivity contribution in [1.29, 1.82) is 0 Å². The predicted molar refractivity (Wildman–Crippen MR) is 184 cm³/mol. The first-order chi connectivity index (χ1) is 23.1. The fourth-order valence-corrected chi connectivity index (χ4v) is 6.54. The molecule has 2 amide bonds. The molecule has 1 aliphatic heterocycles. The van der Waals surface area contributed by atoms with Crippen molar-refractivity contribution in [2.45, 2.75) is 59.9 Å². The van der Waals surface area contributed by atoms with E-state index < -0.39 is 5.41 Å². The molecule has 1 aromatic carbocycles. The number of ether oxygens (including phenoxy) is 2. The summed E-state index contributed by atoms with van der Waals surface area (Å²) >= 11 is 0. The zero-order valence-corrected chi connectivity index (χ0v) is 28.5. The molecular weight excluding hydrogens is 610 g/mol. The average molecular weight is 656 g/mol. The van der Waals surface area contributed by atoms with Gasteiger partial charge in [0.25, 0.3) is 5.56 Å². The van der Waals surface area contributed by atoms with Gasteiger partial charge in [-0.2, -0.15) is 0 Å². The van der Waals surface area contributed by atoms with Crippen molar-refractivity contribution < 1.29 is 23.5 Å². The number of rotatable bonds is 14. The number of carbonyl (C=O) groups excluding carboxylic acids is 2. The molecule has 6 rings (SSSR count). The maximum atomic E-state index is 14.1. The van der Waals surface area contributed by atoms with Crippen LogP contribution in [0.5, 0.6) is 0 Å². The molecule has 0 radical (unpaired) electrons. The number of anilines is 2. The average Bonchev–Trinajstić information content (AvgIpc) is 3.77. The normalized spacial score (nSPS) is 16.2. The smallest absolute Gasteiger partial charge is 0.261 e. The number of amides is 2. The summed E-state index contributed by atoms with van der Waals surface area (Å²) in [7, 11) is 3.27. The van der Waals surface area contributed by atoms with Crippen LogP contribution >= 0.6 is 0 Å². The van der Waals surface area contributed by atoms with Gasteiger partial charge < -0.3 is 28.3 Å². The summed E-state index contributed by atoms with van der Waals surface area (Å²) in [4.78, 5) is 51.6. The van der Waals surface area contributed by atoms with E-state index in [1.54, 1.807) is 56.1 Å². The van der Waals surface area contributed by atoms with Gasteiger partial charge in [-0.3, -0.25) is 24.3 Å². The summed E-state index contributed by atoms with van der Waals surface area (Å²) in [5, 5.41) is 0.567. The first-order valence-electron chi connectivity index (χ1n) is 16.6. The highest BCUT2D eigenvalue weighted by atomic mass is 16.5. The lowest BCUT2D eigenvalue weighted by Crippen LogP contribution is -2.49. The Bertz CT molecular complexity index is 1860. The second-order valence-electron chi connectivity index (χ2n) is 13.5. The topological polar surface area (TPSA) is 110 Å². The molecule has 0 bridgehead atoms. The minimum Gasteiger partial charge on any atom is -0.464 e. The maximum Gasteiger partial charge on any atom is 0.261 e. The van der Waals surface area contributed by atoms with Crippen molar-refractivity contribution in [2.75, 3.05) is 50.3 Å². The fourth-order valence-electron chi connectivity index (χ4n) is 6.54. The number of pyridine rings is 2. The van der Waals surface area contributed by atoms with Gasteiger partial charge in [-0.1, -0.05) is 12.1 Å². The van der Waals surface area contributed by atoms with E-state index in [2.05, 4.69) is 22.0 Å². The van der Waals surface area contributed by atoms with Gasteiger partial charge in [-0.25, -0.2) is 0 Å². The lowest BCUT2D eigenvalue weighted by atomic mass is 9.90. The van der Waals surface area contributed by atoms with Gasteiger partial charge >= 0.3 is 0 Å². The van der Waals surface area contributed by atoms with E-state index in [-0.39, 0.29) is 17.4 Å². The van der Waals surface area contributed by atoms with E-state index in [0.29, 0.717) is 69.4 Å². The molecule has 11 heteroatoms. The summed E-state index contributed by atoms with van der Waals surface area (Å²) in [6.45, 7) is 9.20. The highest BCUT2D eigenvalue weighted by molar-refractivity contribution is 6.20. The third kappa shape index (κ3) is 6.80. The maximum absolute atomic E-state index is 14.1. The van der Waals surface area contributed by atoms with Crippen LogP contribution in [0.2, 0.25) is 0 Å². The number of hydrogen-bond donors (Lipinski definition) is 0. The highest BCUT2D eigenvalue weighted by Crippen LogP contribution is 2.42. The SMILES string of the molecule is COCCN1C(=O)C(C)(C)C(=O)N(CC2CC2)c2cc(CN(CCn3cc(C)c4occc4c3=O)Cc3cccnc3COC)ccc21. The van der Waals surface area contributed by atoms with E-state index >= 15 is 0 Å². The zero-order valence-electron chi connectivity index (χ0n) is 28.5. The number of fused-ring (bicyclic) bond motifs is 2. The molecule has 0 saturated heterocycles. The largest absolute Gasteiger partial charge is 0.464 e. The second kappa shape index (κ2) is 14.0. The molecule has 254 valence electrons. The first-order valence-corrected chi connectivity index (χ1v) is 16.6. The minimum absolute atomic E-state index is 0.0894. The summed E-state index contributed by atoms with van der Waals surface area (Å²) in [6, 6.07) is 11.7. The lowest BCUT2D eigenvalue weighted by molar-refractivity contribution is -0.137. The molecule has 3 aromatic heterocycles. The van der Waals surface area contributed by atoms with E-state index in [1.165, 1.54) is 0 Å². The van der Waals surface area contributed by atoms with E-state index in [9.17, 15) is 14.4 Å². The third-order valence-corrected chi connectivity index (χ3v) is 9.42. The Hall–Kier alpha value is -4.32. The number of benzene rings is 1. The molecule has 0 spiro atoms. The van der Waals surface area contributed by atoms with Crippen LogP contribution in [-0.2, 0) is 45.3 Å². The molecule has 1 aliphatic carbocycles. The van der Waals surface area contributed by atoms with Crippen LogP contribution in [-0.4, -0.2) is 66.7 Å². The van der Waals surface area contributed by atoms with Gasteiger partial charge in [-0.15, -0.1) is 0 Å². The molecule has 4 aromatic rings. The second-order valence-corrected chi connectivity index (χ2v) is 13.5. The van der Waals surface area contributed by atoms with Crippen LogP contribution in [0.4, 0.5) is 11.4 Å². The van der Waals surface area contributed by atoms with Gasteiger partial charge in [0.2, 0.25) is 11.8 Å². The Balaban J connectivity index is 1.36. The third-order valence-electron chi connectivity index (χ3n) is 9.42. The predicted octanol–water partition coefficient (Wildman–Crippen LogP) is 4.91. The molecule has 1 fully saturated rings. The first kappa shape index (κ1) is 33.6. The standard InChI is InChI=1S/C37H45N5O6/c1-25-20-40(34(43)29-12-17-48-33(25)29)15-14-39(23-28-7-6-13-38-30(28)24-47-5)21-27-10-11-31-32(19-27)42(22-26-8-9-26)36(45)37(2,3)35(44)41(31)16-18-46-4/h6-7,10-13,17,19-20,26H,8-9,14-16,18,21-24H2,1-5H3. The van der Waals surface area contributed by atoms with Crippen molar-refractivity contribution in [1.82, 2.24) is 14.5 Å². The fraction of sp³-hybridized carbons (Fsp3) is 0.459. The number of aromatic nitrogens is 2. The monoisotopic (exact) mass is 655 g/mol. The molecule has 11 nitrogen and oxygen atoms in total. The molecule has 1 saturated carbocycles. The summed E-state index contributed by atoms with van der Waals surface area (Å²) in [5.41, 5.74) is 4.56. The van der Waals surface area contributed by atoms with Gasteiger partial charge in [-0.05, 0) is 74.9 Å². The van der Waals surface area contributed by atoms with Crippen molar-refractivity contribution in [3.63, 3.8) is 0 Å². The molecule has 0 unspecified atom stereocenters. The van der Waals surface area contributed by atoms with Crippen molar-refractivity contribution in [2.24, 2.45) is 11.3 Å². The van der Waals surface area contributed by atoms with Gasteiger partial charge in [0.1, 0.15) is 11.0 Å². The van der Waals surface area contributed by atoms with Gasteiger partial charge in [0, 0.05) is 71.4 Å². The van der Waals surface area contributed by atoms with Crippen LogP contribution < -0.4 is 15.4 Å². The van der Waals surface area contributed by atoms with Gasteiger partial charge in [0.05, 0.1) is 41.9 Å². The van der Waals surface area contributed by atoms with Crippen molar-refractivity contribution in [3.05, 3.63) is 87.8 Å². The number of aryl methyl sites for hydroxylation is 1. The molecule has 0 atom stereocenters. The number of nitrogens with zero attached hydrogens (tertiary/aromatic N) is 5. The van der Waals surface area contributed by atoms with Crippen LogP contribution in [0, 0.1) is 18.3 Å². The minimum atomic E-state index is -1.21. The zero-order chi connectivity index (χ0) is 34.0. The Morgan fingerprint density at radius 3 is 2.52 bits per heavy atom. The molecule has 2 aliphatic rings. The van der Waals surface area contributed by atoms with Crippen molar-refractivity contribution >= 4 is 34.2 Å². The summed E-state index contributed by atoms with van der Waals surface area (Å²) < 4.78 is 18.1. The van der Waals surface area contributed by atoms with Crippen LogP contribution in [0.3, 0.4) is 0 Å². The van der Waals surface area contributed by atoms with E-state index in [1.807, 2.05) is 36.2 Å². The van der Waals surface area contributed by atoms with Crippen molar-refractivity contribution in [3.8, 4) is 0 Å². The van der Waals surface area contributed by atoms with Crippen LogP contribution in [0.25, 0.3) is 11.0 Å². The van der Waals surface area contributed by atoms with Crippen LogP contribution in [0.15, 0.2) is 64.3 Å². The summed E-state index contributed by atoms with van der Waals surface area (Å²) in [6.07, 6.45) is 7.32. The van der Waals surface area contributed by atoms with Gasteiger partial charge in [0.15, 0.2) is 0 Å². The number of furan rings is 1. The lowest BCUT2D eigenvalue weighted by Gasteiger charge is -2.29. The number of carbonyl (C=O) groups is 2. The molecule has 48 heavy (non-hydrogen) atoms. The van der Waals surface area contributed by atoms with E-state index in [0.717, 1.165) is 46.6 Å².